The van der Waals surface area contributed by atoms with Crippen LogP contribution >= 0.6 is 11.6 Å². The second kappa shape index (κ2) is 9.52. The van der Waals surface area contributed by atoms with E-state index in [-0.39, 0.29) is 11.6 Å². The van der Waals surface area contributed by atoms with Gasteiger partial charge < -0.3 is 24.6 Å². The number of ether oxygens (including phenoxy) is 1. The molecule has 1 saturated heterocycles. The van der Waals surface area contributed by atoms with Gasteiger partial charge in [0.25, 0.3) is 0 Å². The highest BCUT2D eigenvalue weighted by Gasteiger charge is 2.41. The molecule has 1 aromatic carbocycles. The number of hydrogen-bond donors (Lipinski definition) is 2. The number of nitrogens with zero attached hydrogens (tertiary/aromatic N) is 6. The number of nitrogens with one attached hydrogen (secondary N) is 1. The molecule has 1 aliphatic heterocycles. The van der Waals surface area contributed by atoms with Gasteiger partial charge in [-0.2, -0.15) is 4.98 Å². The van der Waals surface area contributed by atoms with E-state index in [9.17, 15) is 9.90 Å². The van der Waals surface area contributed by atoms with E-state index in [0.717, 1.165) is 24.1 Å². The Morgan fingerprint density at radius 3 is 2.79 bits per heavy atom. The zero-order valence-electron chi connectivity index (χ0n) is 21.2. The number of urea groups is 1. The number of aliphatic hydroxyl groups excluding tert-OH is 1. The zero-order chi connectivity index (χ0) is 26.4. The molecular weight excluding hydrogens is 506 g/mol. The lowest BCUT2D eigenvalue weighted by Gasteiger charge is -2.17. The third-order valence-electron chi connectivity index (χ3n) is 7.00. The van der Waals surface area contributed by atoms with Crippen LogP contribution in [-0.2, 0) is 6.54 Å². The first-order valence-corrected chi connectivity index (χ1v) is 13.0. The first-order chi connectivity index (χ1) is 18.3. The van der Waals surface area contributed by atoms with Crippen molar-refractivity contribution in [1.82, 2.24) is 29.4 Å². The van der Waals surface area contributed by atoms with E-state index in [1.807, 2.05) is 29.7 Å². The van der Waals surface area contributed by atoms with Crippen molar-refractivity contribution in [2.75, 3.05) is 18.4 Å². The van der Waals surface area contributed by atoms with Gasteiger partial charge in [0.1, 0.15) is 17.8 Å². The normalized spacial score (nSPS) is 18.1. The number of anilines is 1. The Balaban J connectivity index is 1.38. The second-order valence-electron chi connectivity index (χ2n) is 10.3. The molecule has 10 nitrogen and oxygen atoms in total. The van der Waals surface area contributed by atoms with Crippen LogP contribution in [0.4, 0.5) is 10.5 Å². The lowest BCUT2D eigenvalue weighted by molar-refractivity contribution is 0.176. The predicted octanol–water partition coefficient (Wildman–Crippen LogP) is 4.43. The van der Waals surface area contributed by atoms with Crippen LogP contribution in [0.1, 0.15) is 37.4 Å². The van der Waals surface area contributed by atoms with E-state index in [0.29, 0.717) is 65.2 Å². The van der Waals surface area contributed by atoms with E-state index in [1.165, 1.54) is 6.33 Å². The van der Waals surface area contributed by atoms with E-state index in [1.54, 1.807) is 23.2 Å². The summed E-state index contributed by atoms with van der Waals surface area (Å²) in [5.41, 5.74) is 4.14. The fourth-order valence-corrected chi connectivity index (χ4v) is 4.87. The summed E-state index contributed by atoms with van der Waals surface area (Å²) in [6.07, 6.45) is 5.30. The number of hydrogen-bond acceptors (Lipinski definition) is 7. The van der Waals surface area contributed by atoms with Crippen molar-refractivity contribution in [2.24, 2.45) is 0 Å². The van der Waals surface area contributed by atoms with Crippen molar-refractivity contribution in [3.05, 3.63) is 59.1 Å². The number of halogens is 1. The fourth-order valence-electron chi connectivity index (χ4n) is 4.61. The Morgan fingerprint density at radius 1 is 1.24 bits per heavy atom. The van der Waals surface area contributed by atoms with Gasteiger partial charge in [0, 0.05) is 30.5 Å². The minimum absolute atomic E-state index is 0.230. The van der Waals surface area contributed by atoms with Crippen molar-refractivity contribution in [1.29, 1.82) is 0 Å². The number of carbonyl (C=O) groups is 1. The molecule has 6 rings (SSSR count). The van der Waals surface area contributed by atoms with Crippen LogP contribution < -0.4 is 10.1 Å². The smallest absolute Gasteiger partial charge is 0.321 e. The highest BCUT2D eigenvalue weighted by Crippen LogP contribution is 2.41. The topological polar surface area (TPSA) is 118 Å². The molecule has 0 bridgehead atoms. The van der Waals surface area contributed by atoms with Gasteiger partial charge in [0.05, 0.1) is 23.4 Å². The molecule has 1 atom stereocenters. The average molecular weight is 534 g/mol. The lowest BCUT2D eigenvalue weighted by atomic mass is 10.2. The van der Waals surface area contributed by atoms with Gasteiger partial charge in [-0.1, -0.05) is 11.6 Å². The van der Waals surface area contributed by atoms with Crippen molar-refractivity contribution in [2.45, 2.75) is 51.4 Å². The number of pyridine rings is 1. The predicted molar refractivity (Wildman–Crippen MR) is 143 cm³/mol. The van der Waals surface area contributed by atoms with Crippen LogP contribution in [0.25, 0.3) is 22.6 Å². The molecule has 0 radical (unpaired) electrons. The highest BCUT2D eigenvalue weighted by atomic mass is 35.5. The number of β-amino-alcohol motifs (C(OH)–C–C–N with tert-alkyl or cyclic N) is 1. The van der Waals surface area contributed by atoms with Gasteiger partial charge in [-0.3, -0.25) is 4.98 Å². The maximum Gasteiger partial charge on any atom is 0.321 e. The summed E-state index contributed by atoms with van der Waals surface area (Å²) in [5.74, 6) is 1.04. The maximum atomic E-state index is 12.6. The fraction of sp³-hybridized carbons (Fsp3) is 0.370. The molecule has 4 aromatic rings. The number of aromatic nitrogens is 5. The van der Waals surface area contributed by atoms with E-state index >= 15 is 0 Å². The molecule has 1 aliphatic carbocycles. The monoisotopic (exact) mass is 533 g/mol. The Labute approximate surface area is 224 Å². The molecule has 196 valence electrons. The van der Waals surface area contributed by atoms with Crippen LogP contribution in [0.3, 0.4) is 0 Å². The molecular formula is C27H28ClN7O3. The minimum atomic E-state index is -0.484. The number of carbonyl (C=O) groups excluding carboxylic acids is 1. The molecule has 1 saturated carbocycles. The van der Waals surface area contributed by atoms with Crippen molar-refractivity contribution in [3.63, 3.8) is 0 Å². The number of rotatable bonds is 6. The number of amides is 2. The van der Waals surface area contributed by atoms with Gasteiger partial charge in [-0.05, 0) is 69.0 Å². The molecule has 2 amide bonds. The largest absolute Gasteiger partial charge is 0.470 e. The van der Waals surface area contributed by atoms with Crippen LogP contribution in [-0.4, -0.2) is 65.3 Å². The van der Waals surface area contributed by atoms with Crippen molar-refractivity contribution in [3.8, 4) is 17.3 Å². The summed E-state index contributed by atoms with van der Waals surface area (Å²) in [6.45, 7) is 5.34. The number of benzene rings is 1. The summed E-state index contributed by atoms with van der Waals surface area (Å²) in [7, 11) is 0. The number of aryl methyl sites for hydroxylation is 1. The molecule has 2 aliphatic rings. The molecule has 11 heteroatoms. The quantitative estimate of drug-likeness (QED) is 0.376. The second-order valence-corrected chi connectivity index (χ2v) is 10.7. The molecule has 0 unspecified atom stereocenters. The van der Waals surface area contributed by atoms with Gasteiger partial charge in [0.15, 0.2) is 11.2 Å². The number of aliphatic hydroxyl groups is 1. The van der Waals surface area contributed by atoms with Crippen molar-refractivity contribution < 1.29 is 14.6 Å². The van der Waals surface area contributed by atoms with Crippen LogP contribution in [0, 0.1) is 6.92 Å². The molecule has 4 heterocycles. The molecule has 0 spiro atoms. The summed E-state index contributed by atoms with van der Waals surface area (Å²) in [6, 6.07) is 9.02. The first kappa shape index (κ1) is 24.6. The SMILES string of the molecule is Cc1ccnc(Cn2c(-c3ccc(NC(=O)N4CC[C@@H](O)C4)cc3Cl)nc3c(OC4(C)CC4)ncnc32)c1. The number of fused-ring (bicyclic) bond motifs is 1. The zero-order valence-corrected chi connectivity index (χ0v) is 21.9. The van der Waals surface area contributed by atoms with Crippen LogP contribution in [0.2, 0.25) is 5.02 Å². The standard InChI is InChI=1S/C27H28ClN7O3/c1-16-5-9-29-18(11-16)13-35-23(33-22-24(35)30-15-31-25(22)38-27(2)7-8-27)20-4-3-17(12-21(20)28)32-26(37)34-10-6-19(36)14-34/h3-5,9,11-12,15,19,36H,6-8,10,13-14H2,1-2H3,(H,32,37)/t19-/m1/s1. The summed E-state index contributed by atoms with van der Waals surface area (Å²) in [5, 5.41) is 13.0. The Kier molecular flexibility index (Phi) is 6.16. The van der Waals surface area contributed by atoms with Crippen LogP contribution in [0.15, 0.2) is 42.9 Å². The molecule has 38 heavy (non-hydrogen) atoms. The molecule has 2 N–H and O–H groups in total. The van der Waals surface area contributed by atoms with E-state index < -0.39 is 6.10 Å². The van der Waals surface area contributed by atoms with E-state index in [2.05, 4.69) is 27.2 Å². The summed E-state index contributed by atoms with van der Waals surface area (Å²) >= 11 is 6.77. The third-order valence-corrected chi connectivity index (χ3v) is 7.31. The lowest BCUT2D eigenvalue weighted by Crippen LogP contribution is -2.33. The Morgan fingerprint density at radius 2 is 2.08 bits per heavy atom. The number of likely N-dealkylation sites (tertiary alicyclic amines) is 1. The van der Waals surface area contributed by atoms with E-state index in [4.69, 9.17) is 21.3 Å². The van der Waals surface area contributed by atoms with Gasteiger partial charge in [-0.15, -0.1) is 0 Å². The average Bonchev–Trinajstić information content (AvgIpc) is 3.27. The highest BCUT2D eigenvalue weighted by molar-refractivity contribution is 6.33. The minimum Gasteiger partial charge on any atom is -0.470 e. The maximum absolute atomic E-state index is 12.6. The third kappa shape index (κ3) is 4.89. The van der Waals surface area contributed by atoms with Gasteiger partial charge in [-0.25, -0.2) is 14.8 Å². The number of imidazole rings is 1. The van der Waals surface area contributed by atoms with Crippen molar-refractivity contribution >= 4 is 34.5 Å². The summed E-state index contributed by atoms with van der Waals surface area (Å²) in [4.78, 5) is 32.6. The molecule has 3 aromatic heterocycles. The van der Waals surface area contributed by atoms with Gasteiger partial charge >= 0.3 is 6.03 Å². The molecule has 2 fully saturated rings. The van der Waals surface area contributed by atoms with Gasteiger partial charge in [0.2, 0.25) is 5.88 Å². The Bertz CT molecular complexity index is 1530. The summed E-state index contributed by atoms with van der Waals surface area (Å²) < 4.78 is 8.17. The Hall–Kier alpha value is -3.76. The van der Waals surface area contributed by atoms with Crippen LogP contribution in [0.5, 0.6) is 5.88 Å². The first-order valence-electron chi connectivity index (χ1n) is 12.6.